The Morgan fingerprint density at radius 1 is 0.946 bits per heavy atom. The summed E-state index contributed by atoms with van der Waals surface area (Å²) < 4.78 is 0. The number of aliphatic hydroxyl groups excluding tert-OH is 1. The van der Waals surface area contributed by atoms with Crippen LogP contribution in [0.2, 0.25) is 0 Å². The standard InChI is InChI=1S/C23H30N6O8/c1-12(30)19(22(35)28-17(23(36)37)9-18(31)32)29-21(34)16(7-13-5-3-2-4-6-13)27-20(33)15(24)8-14-10-25-11-26-14/h2-6,10-12,15-17,19,30H,7-9,24H2,1H3,(H,25,26)(H,27,33)(H,28,35)(H,29,34)(H,31,32)(H,36,37). The first kappa shape index (κ1) is 28.9. The van der Waals surface area contributed by atoms with Gasteiger partial charge in [0.25, 0.3) is 0 Å². The lowest BCUT2D eigenvalue weighted by molar-refractivity contribution is -0.148. The maximum Gasteiger partial charge on any atom is 0.326 e. The number of aliphatic carboxylic acids is 2. The molecule has 0 saturated heterocycles. The molecule has 0 spiro atoms. The van der Waals surface area contributed by atoms with Crippen molar-refractivity contribution in [1.29, 1.82) is 0 Å². The molecule has 14 heteroatoms. The van der Waals surface area contributed by atoms with Gasteiger partial charge in [0.2, 0.25) is 17.7 Å². The normalized spacial score (nSPS) is 14.9. The summed E-state index contributed by atoms with van der Waals surface area (Å²) in [5, 5.41) is 35.0. The molecule has 0 aliphatic rings. The van der Waals surface area contributed by atoms with Crippen molar-refractivity contribution >= 4 is 29.7 Å². The topological polar surface area (TPSA) is 237 Å². The fourth-order valence-corrected chi connectivity index (χ4v) is 3.36. The number of rotatable bonds is 14. The van der Waals surface area contributed by atoms with Crippen LogP contribution in [-0.2, 0) is 36.8 Å². The fraction of sp³-hybridized carbons (Fsp3) is 0.391. The lowest BCUT2D eigenvalue weighted by Crippen LogP contribution is -2.60. The third kappa shape index (κ3) is 9.35. The first-order valence-corrected chi connectivity index (χ1v) is 11.3. The molecular weight excluding hydrogens is 488 g/mol. The number of benzene rings is 1. The average molecular weight is 519 g/mol. The molecule has 14 nitrogen and oxygen atoms in total. The predicted molar refractivity (Wildman–Crippen MR) is 128 cm³/mol. The molecule has 1 heterocycles. The van der Waals surface area contributed by atoms with E-state index >= 15 is 0 Å². The van der Waals surface area contributed by atoms with Gasteiger partial charge in [0.05, 0.1) is 24.9 Å². The Morgan fingerprint density at radius 2 is 1.59 bits per heavy atom. The molecule has 1 aromatic heterocycles. The number of amides is 3. The Morgan fingerprint density at radius 3 is 2.14 bits per heavy atom. The number of carbonyl (C=O) groups excluding carboxylic acids is 3. The molecule has 0 radical (unpaired) electrons. The van der Waals surface area contributed by atoms with Crippen molar-refractivity contribution in [3.05, 3.63) is 54.1 Å². The second-order valence-corrected chi connectivity index (χ2v) is 8.36. The maximum absolute atomic E-state index is 13.2. The monoisotopic (exact) mass is 518 g/mol. The SMILES string of the molecule is CC(O)C(NC(=O)C(Cc1ccccc1)NC(=O)C(N)Cc1cnc[nH]1)C(=O)NC(CC(=O)O)C(=O)O. The van der Waals surface area contributed by atoms with Gasteiger partial charge >= 0.3 is 11.9 Å². The molecule has 0 aliphatic heterocycles. The van der Waals surface area contributed by atoms with Crippen molar-refractivity contribution in [1.82, 2.24) is 25.9 Å². The second kappa shape index (κ2) is 13.7. The van der Waals surface area contributed by atoms with Crippen LogP contribution in [0.15, 0.2) is 42.9 Å². The molecule has 9 N–H and O–H groups in total. The van der Waals surface area contributed by atoms with E-state index in [1.807, 2.05) is 5.32 Å². The number of nitrogens with one attached hydrogen (secondary N) is 4. The molecule has 0 fully saturated rings. The molecule has 3 amide bonds. The van der Waals surface area contributed by atoms with E-state index in [0.717, 1.165) is 0 Å². The van der Waals surface area contributed by atoms with Crippen LogP contribution in [0.3, 0.4) is 0 Å². The number of hydrogen-bond donors (Lipinski definition) is 8. The lowest BCUT2D eigenvalue weighted by atomic mass is 10.0. The Balaban J connectivity index is 2.18. The van der Waals surface area contributed by atoms with Gasteiger partial charge in [-0.2, -0.15) is 0 Å². The van der Waals surface area contributed by atoms with Gasteiger partial charge in [-0.3, -0.25) is 19.2 Å². The van der Waals surface area contributed by atoms with Gasteiger partial charge in [0.15, 0.2) is 0 Å². The molecule has 0 aliphatic carbocycles. The maximum atomic E-state index is 13.2. The van der Waals surface area contributed by atoms with E-state index in [4.69, 9.17) is 10.8 Å². The highest BCUT2D eigenvalue weighted by Gasteiger charge is 2.33. The van der Waals surface area contributed by atoms with Crippen LogP contribution in [-0.4, -0.2) is 85.2 Å². The van der Waals surface area contributed by atoms with Gasteiger partial charge in [0, 0.05) is 24.7 Å². The number of hydrogen-bond acceptors (Lipinski definition) is 8. The largest absolute Gasteiger partial charge is 0.481 e. The number of carboxylic acid groups (broad SMARTS) is 2. The zero-order valence-electron chi connectivity index (χ0n) is 20.0. The van der Waals surface area contributed by atoms with Gasteiger partial charge in [-0.1, -0.05) is 30.3 Å². The van der Waals surface area contributed by atoms with E-state index in [9.17, 15) is 34.2 Å². The van der Waals surface area contributed by atoms with Gasteiger partial charge in [-0.25, -0.2) is 9.78 Å². The van der Waals surface area contributed by atoms with Gasteiger partial charge < -0.3 is 42.0 Å². The Kier molecular flexibility index (Phi) is 10.7. The van der Waals surface area contributed by atoms with E-state index in [1.165, 1.54) is 19.4 Å². The Labute approximate surface area is 211 Å². The molecule has 0 bridgehead atoms. The molecule has 1 aromatic carbocycles. The number of carbonyl (C=O) groups is 5. The van der Waals surface area contributed by atoms with Crippen molar-refractivity contribution in [2.24, 2.45) is 5.73 Å². The molecule has 2 aromatic rings. The van der Waals surface area contributed by atoms with Crippen LogP contribution in [0.5, 0.6) is 0 Å². The number of nitrogens with two attached hydrogens (primary N) is 1. The van der Waals surface area contributed by atoms with Gasteiger partial charge in [-0.15, -0.1) is 0 Å². The van der Waals surface area contributed by atoms with Crippen molar-refractivity contribution in [2.75, 3.05) is 0 Å². The first-order chi connectivity index (χ1) is 17.5. The van der Waals surface area contributed by atoms with E-state index in [2.05, 4.69) is 20.6 Å². The third-order valence-electron chi connectivity index (χ3n) is 5.30. The van der Waals surface area contributed by atoms with Crippen molar-refractivity contribution < 1.29 is 39.3 Å². The van der Waals surface area contributed by atoms with Crippen LogP contribution in [0, 0.1) is 0 Å². The number of H-pyrrole nitrogens is 1. The summed E-state index contributed by atoms with van der Waals surface area (Å²) in [5.41, 5.74) is 7.25. The van der Waals surface area contributed by atoms with Gasteiger partial charge in [-0.05, 0) is 12.5 Å². The van der Waals surface area contributed by atoms with Crippen molar-refractivity contribution in [3.8, 4) is 0 Å². The average Bonchev–Trinajstić information content (AvgIpc) is 3.34. The Hall–Kier alpha value is -4.30. The number of carboxylic acids is 2. The highest BCUT2D eigenvalue weighted by molar-refractivity contribution is 5.95. The van der Waals surface area contributed by atoms with Crippen molar-refractivity contribution in [3.63, 3.8) is 0 Å². The fourth-order valence-electron chi connectivity index (χ4n) is 3.36. The molecule has 5 atom stereocenters. The van der Waals surface area contributed by atoms with Crippen LogP contribution in [0.25, 0.3) is 0 Å². The van der Waals surface area contributed by atoms with Crippen LogP contribution < -0.4 is 21.7 Å². The van der Waals surface area contributed by atoms with E-state index in [-0.39, 0.29) is 12.8 Å². The van der Waals surface area contributed by atoms with Crippen molar-refractivity contribution in [2.45, 2.75) is 56.5 Å². The first-order valence-electron chi connectivity index (χ1n) is 11.3. The van der Waals surface area contributed by atoms with E-state index < -0.39 is 66.4 Å². The summed E-state index contributed by atoms with van der Waals surface area (Å²) in [4.78, 5) is 67.4. The summed E-state index contributed by atoms with van der Waals surface area (Å²) in [7, 11) is 0. The quantitative estimate of drug-likeness (QED) is 0.136. The third-order valence-corrected chi connectivity index (χ3v) is 5.30. The van der Waals surface area contributed by atoms with E-state index in [1.54, 1.807) is 30.3 Å². The smallest absolute Gasteiger partial charge is 0.326 e. The number of aromatic nitrogens is 2. The van der Waals surface area contributed by atoms with Crippen LogP contribution >= 0.6 is 0 Å². The minimum atomic E-state index is -1.79. The van der Waals surface area contributed by atoms with E-state index in [0.29, 0.717) is 11.3 Å². The highest BCUT2D eigenvalue weighted by Crippen LogP contribution is 2.07. The predicted octanol–water partition coefficient (Wildman–Crippen LogP) is -2.08. The summed E-state index contributed by atoms with van der Waals surface area (Å²) >= 11 is 0. The summed E-state index contributed by atoms with van der Waals surface area (Å²) in [6, 6.07) is 2.99. The Bertz CT molecular complexity index is 1080. The summed E-state index contributed by atoms with van der Waals surface area (Å²) in [6.07, 6.45) is 0.659. The number of aromatic amines is 1. The number of nitrogens with zero attached hydrogens (tertiary/aromatic N) is 1. The number of aliphatic hydroxyl groups is 1. The lowest BCUT2D eigenvalue weighted by Gasteiger charge is -2.26. The summed E-state index contributed by atoms with van der Waals surface area (Å²) in [6.45, 7) is 1.18. The highest BCUT2D eigenvalue weighted by atomic mass is 16.4. The minimum absolute atomic E-state index is 0.0140. The minimum Gasteiger partial charge on any atom is -0.481 e. The molecule has 37 heavy (non-hydrogen) atoms. The van der Waals surface area contributed by atoms with Crippen LogP contribution in [0.4, 0.5) is 0 Å². The molecule has 5 unspecified atom stereocenters. The molecular formula is C23H30N6O8. The summed E-state index contributed by atoms with van der Waals surface area (Å²) in [5.74, 6) is -5.69. The van der Waals surface area contributed by atoms with Crippen LogP contribution in [0.1, 0.15) is 24.6 Å². The number of imidazole rings is 1. The zero-order valence-corrected chi connectivity index (χ0v) is 20.0. The second-order valence-electron chi connectivity index (χ2n) is 8.36. The molecule has 2 rings (SSSR count). The molecule has 0 saturated carbocycles. The molecule has 200 valence electrons. The van der Waals surface area contributed by atoms with Gasteiger partial charge in [0.1, 0.15) is 18.1 Å². The zero-order chi connectivity index (χ0) is 27.5.